The van der Waals surface area contributed by atoms with Gasteiger partial charge in [0, 0.05) is 13.1 Å². The van der Waals surface area contributed by atoms with E-state index in [0.29, 0.717) is 5.16 Å². The summed E-state index contributed by atoms with van der Waals surface area (Å²) in [5, 5.41) is 11.7. The molecule has 25 heavy (non-hydrogen) atoms. The van der Waals surface area contributed by atoms with Gasteiger partial charge in [-0.1, -0.05) is 35.2 Å². The molecule has 0 atom stereocenters. The van der Waals surface area contributed by atoms with Crippen LogP contribution in [0.5, 0.6) is 0 Å². The maximum absolute atomic E-state index is 12.0. The summed E-state index contributed by atoms with van der Waals surface area (Å²) < 4.78 is 3.10. The predicted molar refractivity (Wildman–Crippen MR) is 97.9 cm³/mol. The lowest BCUT2D eigenvalue weighted by molar-refractivity contribution is -0.131. The van der Waals surface area contributed by atoms with Crippen LogP contribution in [0.15, 0.2) is 29.4 Å². The molecule has 0 bridgehead atoms. The maximum Gasteiger partial charge on any atom is 0.241 e. The van der Waals surface area contributed by atoms with Gasteiger partial charge in [0.25, 0.3) is 0 Å². The van der Waals surface area contributed by atoms with Gasteiger partial charge in [-0.05, 0) is 25.0 Å². The van der Waals surface area contributed by atoms with Crippen molar-refractivity contribution >= 4 is 50.1 Å². The number of aromatic nitrogens is 3. The molecule has 1 aliphatic heterocycles. The van der Waals surface area contributed by atoms with E-state index in [1.54, 1.807) is 16.2 Å². The van der Waals surface area contributed by atoms with Gasteiger partial charge in [0.05, 0.1) is 22.5 Å². The van der Waals surface area contributed by atoms with E-state index in [1.165, 1.54) is 11.8 Å². The molecule has 130 valence electrons. The number of hydrogen-bond acceptors (Lipinski definition) is 6. The second kappa shape index (κ2) is 7.01. The number of amides is 2. The standard InChI is InChI=1S/C16H17N5O2S2/c22-13(17-9-14(23)20-7-3-4-8-20)10-24-15-18-19-16-21(15)11-5-1-2-6-12(11)25-16/h1-2,5-6H,3-4,7-10H2,(H,17,22). The molecule has 1 saturated heterocycles. The molecule has 7 nitrogen and oxygen atoms in total. The van der Waals surface area contributed by atoms with E-state index in [-0.39, 0.29) is 24.1 Å². The zero-order chi connectivity index (χ0) is 17.2. The predicted octanol–water partition coefficient (Wildman–Crippen LogP) is 1.77. The van der Waals surface area contributed by atoms with Crippen LogP contribution >= 0.6 is 23.1 Å². The van der Waals surface area contributed by atoms with Gasteiger partial charge in [-0.3, -0.25) is 14.0 Å². The van der Waals surface area contributed by atoms with Gasteiger partial charge in [-0.2, -0.15) is 0 Å². The zero-order valence-corrected chi connectivity index (χ0v) is 15.1. The van der Waals surface area contributed by atoms with Gasteiger partial charge in [0.1, 0.15) is 0 Å². The molecule has 1 aromatic carbocycles. The summed E-state index contributed by atoms with van der Waals surface area (Å²) >= 11 is 2.90. The van der Waals surface area contributed by atoms with Crippen molar-refractivity contribution in [1.82, 2.24) is 24.8 Å². The van der Waals surface area contributed by atoms with Gasteiger partial charge in [0.2, 0.25) is 16.8 Å². The van der Waals surface area contributed by atoms with Crippen LogP contribution in [0.4, 0.5) is 0 Å². The summed E-state index contributed by atoms with van der Waals surface area (Å²) in [6.45, 7) is 1.66. The number of carbonyl (C=O) groups excluding carboxylic acids is 2. The molecule has 0 radical (unpaired) electrons. The van der Waals surface area contributed by atoms with Gasteiger partial charge in [-0.15, -0.1) is 10.2 Å². The highest BCUT2D eigenvalue weighted by molar-refractivity contribution is 7.99. The van der Waals surface area contributed by atoms with E-state index in [1.807, 2.05) is 28.7 Å². The average Bonchev–Trinajstić information content (AvgIpc) is 3.34. The minimum atomic E-state index is -0.172. The summed E-state index contributed by atoms with van der Waals surface area (Å²) in [5.41, 5.74) is 1.04. The largest absolute Gasteiger partial charge is 0.346 e. The molecule has 0 unspecified atom stereocenters. The molecular weight excluding hydrogens is 358 g/mol. The maximum atomic E-state index is 12.0. The Morgan fingerprint density at radius 1 is 1.20 bits per heavy atom. The number of fused-ring (bicyclic) bond motifs is 3. The summed E-state index contributed by atoms with van der Waals surface area (Å²) in [6, 6.07) is 8.02. The van der Waals surface area contributed by atoms with Crippen molar-refractivity contribution in [1.29, 1.82) is 0 Å². The molecule has 1 N–H and O–H groups in total. The van der Waals surface area contributed by atoms with Crippen LogP contribution in [0.1, 0.15) is 12.8 Å². The summed E-state index contributed by atoms with van der Waals surface area (Å²) in [5.74, 6) is 0.0245. The first kappa shape index (κ1) is 16.3. The lowest BCUT2D eigenvalue weighted by Gasteiger charge is -2.15. The molecule has 0 spiro atoms. The number of benzene rings is 1. The Morgan fingerprint density at radius 2 is 2.00 bits per heavy atom. The van der Waals surface area contributed by atoms with E-state index in [9.17, 15) is 9.59 Å². The van der Waals surface area contributed by atoms with Crippen LogP contribution in [-0.2, 0) is 9.59 Å². The Hall–Kier alpha value is -2.13. The Bertz CT molecular complexity index is 929. The average molecular weight is 375 g/mol. The van der Waals surface area contributed by atoms with Crippen molar-refractivity contribution in [2.24, 2.45) is 0 Å². The number of carbonyl (C=O) groups is 2. The van der Waals surface area contributed by atoms with Crippen molar-refractivity contribution in [2.75, 3.05) is 25.4 Å². The van der Waals surface area contributed by atoms with Gasteiger partial charge in [-0.25, -0.2) is 0 Å². The van der Waals surface area contributed by atoms with Crippen LogP contribution in [0.2, 0.25) is 0 Å². The minimum absolute atomic E-state index is 0.00968. The molecule has 1 fully saturated rings. The molecule has 2 aromatic heterocycles. The fourth-order valence-electron chi connectivity index (χ4n) is 2.88. The highest BCUT2D eigenvalue weighted by Gasteiger charge is 2.19. The third kappa shape index (κ3) is 3.34. The molecule has 0 aliphatic carbocycles. The number of likely N-dealkylation sites (tertiary alicyclic amines) is 1. The second-order valence-corrected chi connectivity index (χ2v) is 7.78. The van der Waals surface area contributed by atoms with Gasteiger partial charge >= 0.3 is 0 Å². The number of thioether (sulfide) groups is 1. The van der Waals surface area contributed by atoms with Crippen LogP contribution in [-0.4, -0.2) is 56.7 Å². The molecule has 4 rings (SSSR count). The van der Waals surface area contributed by atoms with E-state index < -0.39 is 0 Å². The number of para-hydroxylation sites is 1. The number of thiazole rings is 1. The number of nitrogens with zero attached hydrogens (tertiary/aromatic N) is 4. The summed E-state index contributed by atoms with van der Waals surface area (Å²) in [6.07, 6.45) is 2.10. The van der Waals surface area contributed by atoms with Gasteiger partial charge < -0.3 is 10.2 Å². The van der Waals surface area contributed by atoms with Crippen molar-refractivity contribution in [2.45, 2.75) is 18.0 Å². The Labute approximate surface area is 152 Å². The topological polar surface area (TPSA) is 79.6 Å². The first-order valence-electron chi connectivity index (χ1n) is 8.12. The normalized spacial score (nSPS) is 14.5. The van der Waals surface area contributed by atoms with E-state index in [2.05, 4.69) is 15.5 Å². The Kier molecular flexibility index (Phi) is 4.58. The Balaban J connectivity index is 1.37. The zero-order valence-electron chi connectivity index (χ0n) is 13.5. The van der Waals surface area contributed by atoms with E-state index in [4.69, 9.17) is 0 Å². The van der Waals surface area contributed by atoms with E-state index >= 15 is 0 Å². The van der Waals surface area contributed by atoms with Gasteiger partial charge in [0.15, 0.2) is 5.16 Å². The third-order valence-corrected chi connectivity index (χ3v) is 6.08. The fourth-order valence-corrected chi connectivity index (χ4v) is 4.68. The lowest BCUT2D eigenvalue weighted by Crippen LogP contribution is -2.39. The smallest absolute Gasteiger partial charge is 0.241 e. The highest BCUT2D eigenvalue weighted by atomic mass is 32.2. The molecule has 3 aromatic rings. The number of rotatable bonds is 5. The van der Waals surface area contributed by atoms with Crippen molar-refractivity contribution in [3.8, 4) is 0 Å². The van der Waals surface area contributed by atoms with E-state index in [0.717, 1.165) is 41.1 Å². The highest BCUT2D eigenvalue weighted by Crippen LogP contribution is 2.29. The lowest BCUT2D eigenvalue weighted by atomic mass is 10.3. The molecular formula is C16H17N5O2S2. The third-order valence-electron chi connectivity index (χ3n) is 4.14. The molecule has 9 heteroatoms. The summed E-state index contributed by atoms with van der Waals surface area (Å²) in [4.78, 5) is 26.6. The second-order valence-electron chi connectivity index (χ2n) is 5.82. The molecule has 0 saturated carbocycles. The van der Waals surface area contributed by atoms with Crippen LogP contribution in [0, 0.1) is 0 Å². The first-order valence-corrected chi connectivity index (χ1v) is 9.92. The van der Waals surface area contributed by atoms with Crippen molar-refractivity contribution < 1.29 is 9.59 Å². The molecule has 2 amide bonds. The van der Waals surface area contributed by atoms with Crippen molar-refractivity contribution in [3.05, 3.63) is 24.3 Å². The minimum Gasteiger partial charge on any atom is -0.346 e. The number of hydrogen-bond donors (Lipinski definition) is 1. The van der Waals surface area contributed by atoms with Crippen molar-refractivity contribution in [3.63, 3.8) is 0 Å². The van der Waals surface area contributed by atoms with Crippen LogP contribution < -0.4 is 5.32 Å². The quantitative estimate of drug-likeness (QED) is 0.688. The van der Waals surface area contributed by atoms with Crippen LogP contribution in [0.25, 0.3) is 15.2 Å². The first-order chi connectivity index (χ1) is 12.2. The summed E-state index contributed by atoms with van der Waals surface area (Å²) in [7, 11) is 0. The van der Waals surface area contributed by atoms with Crippen LogP contribution in [0.3, 0.4) is 0 Å². The number of nitrogens with one attached hydrogen (secondary N) is 1. The SMILES string of the molecule is O=C(CSc1nnc2sc3ccccc3n12)NCC(=O)N1CCCC1. The molecule has 1 aliphatic rings. The molecule has 3 heterocycles. The fraction of sp³-hybridized carbons (Fsp3) is 0.375. The Morgan fingerprint density at radius 3 is 2.84 bits per heavy atom. The monoisotopic (exact) mass is 375 g/mol.